The second-order valence-electron chi connectivity index (χ2n) is 14.0. The second kappa shape index (κ2) is 13.3. The van der Waals surface area contributed by atoms with E-state index in [1.807, 2.05) is 60.1 Å². The van der Waals surface area contributed by atoms with Gasteiger partial charge in [0.15, 0.2) is 5.82 Å². The Kier molecular flexibility index (Phi) is 7.64. The van der Waals surface area contributed by atoms with Crippen LogP contribution in [0.15, 0.2) is 193 Å². The third-order valence-electron chi connectivity index (χ3n) is 10.6. The topological polar surface area (TPSA) is 51.8 Å². The average Bonchev–Trinajstić information content (AvgIpc) is 3.85. The van der Waals surface area contributed by atoms with Gasteiger partial charge in [0.2, 0.25) is 0 Å². The molecular weight excluding hydrogens is 703 g/mol. The maximum absolute atomic E-state index is 6.69. The number of thiophene rings is 1. The van der Waals surface area contributed by atoms with Crippen LogP contribution in [-0.2, 0) is 0 Å². The third-order valence-corrected chi connectivity index (χ3v) is 11.8. The van der Waals surface area contributed by atoms with E-state index in [1.165, 1.54) is 20.2 Å². The highest BCUT2D eigenvalue weighted by Gasteiger charge is 2.19. The summed E-state index contributed by atoms with van der Waals surface area (Å²) in [6.07, 6.45) is 3.64. The third kappa shape index (κ3) is 5.56. The first-order chi connectivity index (χ1) is 27.7. The predicted molar refractivity (Wildman–Crippen MR) is 233 cm³/mol. The van der Waals surface area contributed by atoms with E-state index in [4.69, 9.17) is 14.4 Å². The summed E-state index contributed by atoms with van der Waals surface area (Å²) in [6.45, 7) is 0. The van der Waals surface area contributed by atoms with Crippen molar-refractivity contribution in [2.45, 2.75) is 0 Å². The Morgan fingerprint density at radius 3 is 1.91 bits per heavy atom. The van der Waals surface area contributed by atoms with E-state index < -0.39 is 0 Å². The second-order valence-corrected chi connectivity index (χ2v) is 15.1. The van der Waals surface area contributed by atoms with Gasteiger partial charge in [0, 0.05) is 65.6 Å². The molecule has 0 saturated carbocycles. The summed E-state index contributed by atoms with van der Waals surface area (Å²) in [5, 5.41) is 4.81. The molecule has 0 aliphatic carbocycles. The fourth-order valence-electron chi connectivity index (χ4n) is 7.87. The number of pyridine rings is 1. The van der Waals surface area contributed by atoms with Gasteiger partial charge in [0.1, 0.15) is 11.2 Å². The average molecular weight is 734 g/mol. The minimum atomic E-state index is 0.687. The number of fused-ring (bicyclic) bond motifs is 6. The van der Waals surface area contributed by atoms with E-state index in [0.717, 1.165) is 83.4 Å². The number of rotatable bonds is 6. The van der Waals surface area contributed by atoms with Gasteiger partial charge in [0.05, 0.1) is 11.4 Å². The Bertz CT molecular complexity index is 3240. The summed E-state index contributed by atoms with van der Waals surface area (Å²) in [7, 11) is 0. The van der Waals surface area contributed by atoms with Crippen molar-refractivity contribution in [2.75, 3.05) is 0 Å². The molecule has 0 N–H and O–H groups in total. The molecule has 0 fully saturated rings. The zero-order valence-electron chi connectivity index (χ0n) is 30.1. The summed E-state index contributed by atoms with van der Waals surface area (Å²) in [6, 6.07) is 61.8. The normalized spacial score (nSPS) is 11.6. The van der Waals surface area contributed by atoms with Crippen molar-refractivity contribution in [2.24, 2.45) is 0 Å². The van der Waals surface area contributed by atoms with Crippen LogP contribution in [0.2, 0.25) is 0 Å². The summed E-state index contributed by atoms with van der Waals surface area (Å²) >= 11 is 1.84. The van der Waals surface area contributed by atoms with Gasteiger partial charge in [-0.15, -0.1) is 11.3 Å². The quantitative estimate of drug-likeness (QED) is 0.171. The van der Waals surface area contributed by atoms with E-state index in [-0.39, 0.29) is 0 Å². The predicted octanol–water partition coefficient (Wildman–Crippen LogP) is 14.1. The Morgan fingerprint density at radius 1 is 0.393 bits per heavy atom. The molecule has 11 rings (SSSR count). The maximum Gasteiger partial charge on any atom is 0.160 e. The molecule has 0 bridgehead atoms. The van der Waals surface area contributed by atoms with Crippen molar-refractivity contribution in [1.29, 1.82) is 0 Å². The highest BCUT2D eigenvalue weighted by atomic mass is 32.1. The Labute approximate surface area is 327 Å². The van der Waals surface area contributed by atoms with Crippen LogP contribution in [0.25, 0.3) is 109 Å². The van der Waals surface area contributed by atoms with Crippen molar-refractivity contribution in [1.82, 2.24) is 15.0 Å². The zero-order chi connectivity index (χ0) is 37.0. The molecule has 4 nitrogen and oxygen atoms in total. The smallest absolute Gasteiger partial charge is 0.160 e. The van der Waals surface area contributed by atoms with Gasteiger partial charge in [0.25, 0.3) is 0 Å². The highest BCUT2D eigenvalue weighted by molar-refractivity contribution is 7.25. The van der Waals surface area contributed by atoms with Crippen LogP contribution in [0.4, 0.5) is 0 Å². The number of para-hydroxylation sites is 1. The van der Waals surface area contributed by atoms with Crippen molar-refractivity contribution in [3.63, 3.8) is 0 Å². The van der Waals surface area contributed by atoms with E-state index in [1.54, 1.807) is 0 Å². The van der Waals surface area contributed by atoms with Crippen LogP contribution in [0, 0.1) is 0 Å². The first-order valence-electron chi connectivity index (χ1n) is 18.7. The zero-order valence-corrected chi connectivity index (χ0v) is 30.9. The van der Waals surface area contributed by atoms with E-state index in [9.17, 15) is 0 Å². The molecule has 0 aliphatic heterocycles. The molecule has 7 aromatic carbocycles. The first-order valence-corrected chi connectivity index (χ1v) is 19.5. The lowest BCUT2D eigenvalue weighted by atomic mass is 9.93. The van der Waals surface area contributed by atoms with Crippen LogP contribution in [-0.4, -0.2) is 15.0 Å². The molecule has 5 heteroatoms. The lowest BCUT2D eigenvalue weighted by molar-refractivity contribution is 0.670. The molecule has 4 heterocycles. The van der Waals surface area contributed by atoms with Gasteiger partial charge in [-0.05, 0) is 76.3 Å². The molecule has 4 aromatic heterocycles. The van der Waals surface area contributed by atoms with Crippen molar-refractivity contribution in [3.05, 3.63) is 188 Å². The maximum atomic E-state index is 6.69. The van der Waals surface area contributed by atoms with Crippen LogP contribution in [0.1, 0.15) is 0 Å². The van der Waals surface area contributed by atoms with Crippen molar-refractivity contribution in [3.8, 4) is 67.3 Å². The van der Waals surface area contributed by atoms with Crippen LogP contribution >= 0.6 is 11.3 Å². The number of hydrogen-bond acceptors (Lipinski definition) is 5. The molecule has 0 atom stereocenters. The molecular formula is C51H31N3OS. The summed E-state index contributed by atoms with van der Waals surface area (Å²) in [5.41, 5.74) is 13.2. The molecule has 0 unspecified atom stereocenters. The number of hydrogen-bond donors (Lipinski definition) is 0. The summed E-state index contributed by atoms with van der Waals surface area (Å²) in [5.74, 6) is 0.687. The van der Waals surface area contributed by atoms with Gasteiger partial charge in [-0.3, -0.25) is 4.98 Å². The van der Waals surface area contributed by atoms with Crippen molar-refractivity contribution < 1.29 is 4.42 Å². The van der Waals surface area contributed by atoms with E-state index in [2.05, 4.69) is 145 Å². The summed E-state index contributed by atoms with van der Waals surface area (Å²) < 4.78 is 9.27. The van der Waals surface area contributed by atoms with Gasteiger partial charge in [-0.1, -0.05) is 127 Å². The largest absolute Gasteiger partial charge is 0.455 e. The minimum Gasteiger partial charge on any atom is -0.455 e. The number of nitrogens with zero attached hydrogens (tertiary/aromatic N) is 3. The molecule has 0 amide bonds. The molecule has 0 radical (unpaired) electrons. The number of furan rings is 1. The lowest BCUT2D eigenvalue weighted by Crippen LogP contribution is -1.96. The van der Waals surface area contributed by atoms with Crippen LogP contribution in [0.5, 0.6) is 0 Å². The number of benzene rings is 7. The molecule has 0 saturated heterocycles. The monoisotopic (exact) mass is 733 g/mol. The molecule has 56 heavy (non-hydrogen) atoms. The fraction of sp³-hybridized carbons (Fsp3) is 0. The van der Waals surface area contributed by atoms with E-state index in [0.29, 0.717) is 5.82 Å². The fourth-order valence-corrected chi connectivity index (χ4v) is 9.02. The standard InChI is InChI=1S/C51H31N3OS/c1-2-9-35(10-3-1)51-53-44(31-45(54-51)38-12-8-11-36(29-38)32-25-27-52-28-26-32)34-19-17-33(18-20-34)39-23-24-40(50-49(39)43-14-4-6-15-46(43)55-50)37-21-22-42-41-13-5-7-16-47(41)56-48(42)30-37/h1-31H. The minimum absolute atomic E-state index is 0.687. The first kappa shape index (κ1) is 32.2. The Morgan fingerprint density at radius 2 is 1.05 bits per heavy atom. The summed E-state index contributed by atoms with van der Waals surface area (Å²) in [4.78, 5) is 14.4. The SMILES string of the molecule is c1ccc(-c2nc(-c3ccc(-c4ccc(-c5ccc6c(c5)sc5ccccc56)c5oc6ccccc6c45)cc3)cc(-c3cccc(-c4ccncc4)c3)n2)cc1. The molecule has 0 spiro atoms. The van der Waals surface area contributed by atoms with Crippen molar-refractivity contribution >= 4 is 53.4 Å². The Balaban J connectivity index is 1.02. The highest BCUT2D eigenvalue weighted by Crippen LogP contribution is 2.44. The molecule has 0 aliphatic rings. The van der Waals surface area contributed by atoms with Gasteiger partial charge >= 0.3 is 0 Å². The molecule has 11 aromatic rings. The number of aromatic nitrogens is 3. The van der Waals surface area contributed by atoms with E-state index >= 15 is 0 Å². The molecule has 262 valence electrons. The van der Waals surface area contributed by atoms with Gasteiger partial charge in [-0.2, -0.15) is 0 Å². The van der Waals surface area contributed by atoms with Gasteiger partial charge < -0.3 is 4.42 Å². The Hall–Kier alpha value is -7.21. The van der Waals surface area contributed by atoms with Crippen LogP contribution < -0.4 is 0 Å². The lowest BCUT2D eigenvalue weighted by Gasteiger charge is -2.12. The van der Waals surface area contributed by atoms with Crippen LogP contribution in [0.3, 0.4) is 0 Å². The van der Waals surface area contributed by atoms with Gasteiger partial charge in [-0.25, -0.2) is 9.97 Å².